The molecule has 0 aliphatic carbocycles. The smallest absolute Gasteiger partial charge is 0.157 e. The number of nitrogens with zero attached hydrogens (tertiary/aromatic N) is 1. The van der Waals surface area contributed by atoms with Gasteiger partial charge < -0.3 is 10.2 Å². The Labute approximate surface area is 94.9 Å². The van der Waals surface area contributed by atoms with E-state index in [4.69, 9.17) is 5.11 Å². The molecule has 1 aromatic carbocycles. The molecule has 3 nitrogen and oxygen atoms in total. The molecule has 0 bridgehead atoms. The van der Waals surface area contributed by atoms with E-state index >= 15 is 0 Å². The highest BCUT2D eigenvalue weighted by molar-refractivity contribution is 7.17. The Balaban J connectivity index is 2.54. The molecule has 0 heterocycles. The fourth-order valence-corrected chi connectivity index (χ4v) is 2.23. The molecule has 2 atom stereocenters. The first-order chi connectivity index (χ1) is 7.17. The first kappa shape index (κ1) is 12.7. The van der Waals surface area contributed by atoms with Crippen LogP contribution in [0.5, 0.6) is 11.5 Å². The van der Waals surface area contributed by atoms with Crippen LogP contribution in [-0.4, -0.2) is 34.2 Å². The highest BCUT2D eigenvalue weighted by Gasteiger charge is 2.03. The minimum atomic E-state index is -0.0623. The van der Waals surface area contributed by atoms with Crippen LogP contribution in [0.3, 0.4) is 0 Å². The van der Waals surface area contributed by atoms with E-state index < -0.39 is 0 Å². The van der Waals surface area contributed by atoms with Gasteiger partial charge in [0.25, 0.3) is 0 Å². The van der Waals surface area contributed by atoms with E-state index in [0.29, 0.717) is 0 Å². The molecule has 0 spiro atoms. The van der Waals surface area contributed by atoms with E-state index in [-0.39, 0.29) is 11.5 Å². The summed E-state index contributed by atoms with van der Waals surface area (Å²) in [6.45, 7) is 0.942. The predicted octanol–water partition coefficient (Wildman–Crippen LogP) is 1.61. The second-order valence-corrected chi connectivity index (χ2v) is 4.06. The summed E-state index contributed by atoms with van der Waals surface area (Å²) in [5.41, 5.74) is 1.03. The lowest BCUT2D eigenvalue weighted by Crippen LogP contribution is -2.22. The molecule has 2 unspecified atom stereocenters. The van der Waals surface area contributed by atoms with Crippen LogP contribution in [-0.2, 0) is 6.42 Å². The molecule has 15 heavy (non-hydrogen) atoms. The molecule has 84 valence electrons. The average molecular weight is 245 g/mol. The first-order valence-electron chi connectivity index (χ1n) is 4.80. The van der Waals surface area contributed by atoms with Gasteiger partial charge in [-0.1, -0.05) is 6.07 Å². The molecule has 1 aromatic rings. The van der Waals surface area contributed by atoms with E-state index in [0.717, 1.165) is 31.1 Å². The number of rotatable bonds is 5. The number of phenolic OH excluding ortho intramolecular Hbond substituents is 2. The van der Waals surface area contributed by atoms with Crippen LogP contribution in [0.1, 0.15) is 5.56 Å². The summed E-state index contributed by atoms with van der Waals surface area (Å²) in [4.78, 5) is 2.25. The van der Waals surface area contributed by atoms with Gasteiger partial charge in [-0.3, -0.25) is 4.90 Å². The van der Waals surface area contributed by atoms with Gasteiger partial charge in [-0.25, -0.2) is 0 Å². The van der Waals surface area contributed by atoms with Gasteiger partial charge in [-0.05, 0) is 24.1 Å². The molecule has 0 aliphatic heterocycles. The molecule has 0 amide bonds. The van der Waals surface area contributed by atoms with Crippen molar-refractivity contribution in [3.8, 4) is 11.5 Å². The Morgan fingerprint density at radius 2 is 1.73 bits per heavy atom. The van der Waals surface area contributed by atoms with Crippen molar-refractivity contribution in [1.82, 2.24) is 4.90 Å². The van der Waals surface area contributed by atoms with Crippen LogP contribution in [0.25, 0.3) is 0 Å². The van der Waals surface area contributed by atoms with Crippen LogP contribution in [0.2, 0.25) is 0 Å². The van der Waals surface area contributed by atoms with Crippen molar-refractivity contribution < 1.29 is 10.2 Å². The van der Waals surface area contributed by atoms with Crippen molar-refractivity contribution in [3.63, 3.8) is 0 Å². The number of phenols is 2. The van der Waals surface area contributed by atoms with Crippen molar-refractivity contribution >= 4 is 18.5 Å². The Morgan fingerprint density at radius 3 is 2.27 bits per heavy atom. The predicted molar refractivity (Wildman–Crippen MR) is 69.3 cm³/mol. The second-order valence-electron chi connectivity index (χ2n) is 3.33. The van der Waals surface area contributed by atoms with Crippen molar-refractivity contribution in [2.45, 2.75) is 6.42 Å². The lowest BCUT2D eigenvalue weighted by atomic mass is 10.1. The molecule has 5 heteroatoms. The number of benzene rings is 1. The summed E-state index contributed by atoms with van der Waals surface area (Å²) in [5, 5.41) is 18.5. The molecule has 0 aromatic heterocycles. The molecule has 2 N–H and O–H groups in total. The molecule has 0 fully saturated rings. The zero-order chi connectivity index (χ0) is 11.3. The number of hydrogen-bond acceptors (Lipinski definition) is 3. The maximum atomic E-state index is 9.31. The summed E-state index contributed by atoms with van der Waals surface area (Å²) in [5.74, 6) is -0.108. The summed E-state index contributed by atoms with van der Waals surface area (Å²) < 4.78 is 0. The summed E-state index contributed by atoms with van der Waals surface area (Å²) in [6.07, 6.45) is 2.75. The third-order valence-corrected chi connectivity index (χ3v) is 3.31. The van der Waals surface area contributed by atoms with Crippen LogP contribution in [0, 0.1) is 0 Å². The van der Waals surface area contributed by atoms with Gasteiger partial charge >= 0.3 is 0 Å². The Kier molecular flexibility index (Phi) is 5.31. The maximum Gasteiger partial charge on any atom is 0.157 e. The van der Waals surface area contributed by atoms with Gasteiger partial charge in [0, 0.05) is 19.1 Å². The summed E-state index contributed by atoms with van der Waals surface area (Å²) >= 11 is 0. The fourth-order valence-electron chi connectivity index (χ4n) is 1.27. The third kappa shape index (κ3) is 3.95. The number of aromatic hydroxyl groups is 2. The minimum absolute atomic E-state index is 0.0456. The van der Waals surface area contributed by atoms with Crippen molar-refractivity contribution in [1.29, 1.82) is 0 Å². The standard InChI is InChI=1S/C10H17NO2P2/c12-9-2-1-8(5-10(9)13)3-4-11(6-14)7-15/h1-2,5,12-13H,3-4,6-7,14-15H2. The topological polar surface area (TPSA) is 43.7 Å². The zero-order valence-corrected chi connectivity index (χ0v) is 10.9. The Hall–Kier alpha value is -0.360. The molecule has 1 rings (SSSR count). The van der Waals surface area contributed by atoms with E-state index in [1.54, 1.807) is 6.07 Å². The monoisotopic (exact) mass is 245 g/mol. The lowest BCUT2D eigenvalue weighted by Gasteiger charge is -2.17. The minimum Gasteiger partial charge on any atom is -0.504 e. The molecule has 0 radical (unpaired) electrons. The van der Waals surface area contributed by atoms with E-state index in [9.17, 15) is 5.11 Å². The van der Waals surface area contributed by atoms with Gasteiger partial charge in [-0.15, -0.1) is 18.5 Å². The van der Waals surface area contributed by atoms with Crippen molar-refractivity contribution in [3.05, 3.63) is 23.8 Å². The average Bonchev–Trinajstić information content (AvgIpc) is 2.24. The SMILES string of the molecule is Oc1ccc(CCN(CP)CP)cc1O. The van der Waals surface area contributed by atoms with Gasteiger partial charge in [0.1, 0.15) is 0 Å². The van der Waals surface area contributed by atoms with Crippen LogP contribution in [0.15, 0.2) is 18.2 Å². The van der Waals surface area contributed by atoms with E-state index in [1.165, 1.54) is 6.07 Å². The largest absolute Gasteiger partial charge is 0.504 e. The molecule has 0 saturated heterocycles. The van der Waals surface area contributed by atoms with E-state index in [2.05, 4.69) is 23.4 Å². The molecular formula is C10H17NO2P2. The summed E-state index contributed by atoms with van der Waals surface area (Å²) in [6, 6.07) is 4.97. The Morgan fingerprint density at radius 1 is 1.07 bits per heavy atom. The zero-order valence-electron chi connectivity index (χ0n) is 8.56. The highest BCUT2D eigenvalue weighted by atomic mass is 31.0. The summed E-state index contributed by atoms with van der Waals surface area (Å²) in [7, 11) is 5.38. The normalized spacial score (nSPS) is 10.9. The van der Waals surface area contributed by atoms with Gasteiger partial charge in [0.05, 0.1) is 0 Å². The lowest BCUT2D eigenvalue weighted by molar-refractivity contribution is 0.379. The number of hydrogen-bond donors (Lipinski definition) is 2. The fraction of sp³-hybridized carbons (Fsp3) is 0.400. The first-order valence-corrected chi connectivity index (χ1v) is 6.44. The maximum absolute atomic E-state index is 9.31. The quantitative estimate of drug-likeness (QED) is 0.611. The van der Waals surface area contributed by atoms with Crippen LogP contribution in [0.4, 0.5) is 0 Å². The van der Waals surface area contributed by atoms with Crippen molar-refractivity contribution in [2.75, 3.05) is 19.1 Å². The van der Waals surface area contributed by atoms with Gasteiger partial charge in [-0.2, -0.15) is 0 Å². The Bertz CT molecular complexity index is 316. The highest BCUT2D eigenvalue weighted by Crippen LogP contribution is 2.25. The molecular weight excluding hydrogens is 228 g/mol. The second kappa shape index (κ2) is 6.27. The molecule has 0 aliphatic rings. The van der Waals surface area contributed by atoms with Gasteiger partial charge in [0.15, 0.2) is 11.5 Å². The van der Waals surface area contributed by atoms with Crippen molar-refractivity contribution in [2.24, 2.45) is 0 Å². The van der Waals surface area contributed by atoms with Crippen LogP contribution >= 0.6 is 18.5 Å². The van der Waals surface area contributed by atoms with E-state index in [1.807, 2.05) is 6.07 Å². The van der Waals surface area contributed by atoms with Crippen LogP contribution < -0.4 is 0 Å². The third-order valence-electron chi connectivity index (χ3n) is 2.27. The molecule has 0 saturated carbocycles. The van der Waals surface area contributed by atoms with Gasteiger partial charge in [0.2, 0.25) is 0 Å².